The highest BCUT2D eigenvalue weighted by Crippen LogP contribution is 2.53. The van der Waals surface area contributed by atoms with Gasteiger partial charge in [0.15, 0.2) is 0 Å². The van der Waals surface area contributed by atoms with E-state index in [9.17, 15) is 19.5 Å². The molecule has 63 heavy (non-hydrogen) atoms. The van der Waals surface area contributed by atoms with E-state index in [2.05, 4.69) is 64.7 Å². The third-order valence-corrected chi connectivity index (χ3v) is 14.2. The third kappa shape index (κ3) is 9.24. The van der Waals surface area contributed by atoms with Crippen molar-refractivity contribution in [3.8, 4) is 21.6 Å². The number of benzene rings is 2. The number of amides is 3. The first kappa shape index (κ1) is 44.0. The number of nitrogens with zero attached hydrogens (tertiary/aromatic N) is 6. The second kappa shape index (κ2) is 17.5. The number of carbonyl (C=O) groups is 3. The molecule has 14 heteroatoms. The minimum atomic E-state index is -0.811. The molecule has 1 aliphatic carbocycles. The fourth-order valence-corrected chi connectivity index (χ4v) is 11.2. The highest BCUT2D eigenvalue weighted by atomic mass is 32.1. The summed E-state index contributed by atoms with van der Waals surface area (Å²) in [4.78, 5) is 55.3. The van der Waals surface area contributed by atoms with Crippen molar-refractivity contribution < 1.29 is 19.5 Å². The molecule has 0 radical (unpaired) electrons. The fraction of sp³-hybridized carbons (Fsp3) is 0.469. The molecule has 3 aliphatic rings. The van der Waals surface area contributed by atoms with Gasteiger partial charge in [-0.3, -0.25) is 19.1 Å². The van der Waals surface area contributed by atoms with E-state index >= 15 is 0 Å². The number of anilines is 2. The van der Waals surface area contributed by atoms with Crippen LogP contribution in [-0.4, -0.2) is 91.3 Å². The minimum absolute atomic E-state index is 0.0334. The number of β-amino-alcohol motifs (C(OH)–C–C–N with tert-alkyl or cyclic N) is 1. The number of nitrogens with one attached hydrogen (secondary N) is 3. The Morgan fingerprint density at radius 2 is 1.63 bits per heavy atom. The van der Waals surface area contributed by atoms with Crippen molar-refractivity contribution in [1.29, 1.82) is 0 Å². The summed E-state index contributed by atoms with van der Waals surface area (Å²) in [6, 6.07) is 18.4. The van der Waals surface area contributed by atoms with Crippen LogP contribution in [0.1, 0.15) is 101 Å². The number of rotatable bonds is 13. The molecule has 0 unspecified atom stereocenters. The van der Waals surface area contributed by atoms with Crippen LogP contribution in [0.3, 0.4) is 0 Å². The summed E-state index contributed by atoms with van der Waals surface area (Å²) in [5.74, 6) is 0.133. The molecule has 1 saturated carbocycles. The molecular formula is C49H61N9O4S. The first-order valence-electron chi connectivity index (χ1n) is 22.2. The molecule has 2 aromatic carbocycles. The number of pyridine rings is 1. The summed E-state index contributed by atoms with van der Waals surface area (Å²) < 4.78 is 1.69. The quantitative estimate of drug-likeness (QED) is 0.0933. The zero-order valence-electron chi connectivity index (χ0n) is 37.6. The smallest absolute Gasteiger partial charge is 0.251 e. The number of aliphatic hydroxyl groups is 1. The number of hydrogen-bond acceptors (Lipinski definition) is 10. The molecule has 0 bridgehead atoms. The molecule has 8 rings (SSSR count). The van der Waals surface area contributed by atoms with Crippen molar-refractivity contribution in [3.63, 3.8) is 0 Å². The van der Waals surface area contributed by atoms with E-state index in [1.807, 2.05) is 94.0 Å². The predicted octanol–water partition coefficient (Wildman–Crippen LogP) is 7.66. The van der Waals surface area contributed by atoms with Gasteiger partial charge in [-0.25, -0.2) is 9.97 Å². The molecular weight excluding hydrogens is 811 g/mol. The highest BCUT2D eigenvalue weighted by Gasteiger charge is 2.53. The third-order valence-electron chi connectivity index (χ3n) is 13.3. The Hall–Kier alpha value is -5.60. The molecule has 3 fully saturated rings. The summed E-state index contributed by atoms with van der Waals surface area (Å²) in [5, 5.41) is 25.5. The lowest BCUT2D eigenvalue weighted by atomic mass is 9.52. The Morgan fingerprint density at radius 1 is 0.905 bits per heavy atom. The molecule has 2 aliphatic heterocycles. The van der Waals surface area contributed by atoms with Gasteiger partial charge in [-0.1, -0.05) is 65.8 Å². The van der Waals surface area contributed by atoms with Crippen molar-refractivity contribution in [2.45, 2.75) is 111 Å². The molecule has 3 amide bonds. The number of likely N-dealkylation sites (tertiary alicyclic amines) is 1. The zero-order valence-corrected chi connectivity index (χ0v) is 38.4. The molecule has 0 spiro atoms. The molecule has 4 N–H and O–H groups in total. The van der Waals surface area contributed by atoms with Crippen LogP contribution in [0.4, 0.5) is 11.5 Å². The van der Waals surface area contributed by atoms with Gasteiger partial charge in [0.05, 0.1) is 34.4 Å². The molecule has 5 aromatic rings. The summed E-state index contributed by atoms with van der Waals surface area (Å²) in [7, 11) is 0. The molecule has 5 heterocycles. The zero-order chi connectivity index (χ0) is 44.8. The second-order valence-electron chi connectivity index (χ2n) is 19.5. The van der Waals surface area contributed by atoms with Crippen LogP contribution in [-0.2, 0) is 9.59 Å². The van der Waals surface area contributed by atoms with Crippen LogP contribution in [0.15, 0.2) is 84.8 Å². The SMILES string of the molecule is Cc1ncsc1-c1ccc([C@H](C)NC(=O)[C@@H]2C[C@@H](O)CN2C(=O)[C@H](C(C)C)n2cc(-c3ccnc(N4CC[C@@H](Nc5ccc(C(=O)NC6C(C)(C)CC6(C)C)cc5)C4)c3)cn2)cc1. The lowest BCUT2D eigenvalue weighted by Crippen LogP contribution is -2.63. The van der Waals surface area contributed by atoms with Gasteiger partial charge in [0, 0.05) is 67.3 Å². The van der Waals surface area contributed by atoms with E-state index in [4.69, 9.17) is 4.98 Å². The topological polar surface area (TPSA) is 158 Å². The van der Waals surface area contributed by atoms with Crippen LogP contribution >= 0.6 is 11.3 Å². The fourth-order valence-electron chi connectivity index (χ4n) is 10.4. The van der Waals surface area contributed by atoms with Crippen LogP contribution in [0.2, 0.25) is 0 Å². The number of aromatic nitrogens is 4. The van der Waals surface area contributed by atoms with E-state index in [1.165, 1.54) is 4.90 Å². The van der Waals surface area contributed by atoms with Gasteiger partial charge in [-0.05, 0) is 96.5 Å². The number of thiazole rings is 1. The lowest BCUT2D eigenvalue weighted by Gasteiger charge is -2.57. The molecule has 13 nitrogen and oxygen atoms in total. The number of hydrogen-bond donors (Lipinski definition) is 4. The molecule has 2 saturated heterocycles. The van der Waals surface area contributed by atoms with Gasteiger partial charge in [-0.15, -0.1) is 11.3 Å². The Balaban J connectivity index is 0.883. The average molecular weight is 872 g/mol. The second-order valence-corrected chi connectivity index (χ2v) is 20.4. The number of aliphatic hydroxyl groups excluding tert-OH is 1. The van der Waals surface area contributed by atoms with Gasteiger partial charge in [0.25, 0.3) is 5.91 Å². The molecule has 5 atom stereocenters. The summed E-state index contributed by atoms with van der Waals surface area (Å²) in [6.45, 7) is 18.4. The normalized spacial score (nSPS) is 21.5. The van der Waals surface area contributed by atoms with Crippen molar-refractivity contribution in [1.82, 2.24) is 35.3 Å². The molecule has 3 aromatic heterocycles. The van der Waals surface area contributed by atoms with E-state index < -0.39 is 18.2 Å². The first-order chi connectivity index (χ1) is 30.0. The maximum atomic E-state index is 14.4. The standard InChI is InChI=1S/C49H61N9O4S/c1-29(2)42(46(62)57-26-39(59)22-40(57)45(61)53-30(3)32-9-11-33(12-10-32)43-31(4)51-28-63-43)58-24-36(23-52-58)35-17-19-50-41(21-35)56-20-18-38(25-56)54-37-15-13-34(14-16-37)44(60)55-47-48(5,6)27-49(47,7)8/h9-17,19,21,23-24,28-30,38-40,42,47,54,59H,18,20,22,25-27H2,1-8H3,(H,53,61)(H,55,60)/t30-,38+,39+,40-,42-/m0/s1. The predicted molar refractivity (Wildman–Crippen MR) is 248 cm³/mol. The monoisotopic (exact) mass is 871 g/mol. The minimum Gasteiger partial charge on any atom is -0.391 e. The van der Waals surface area contributed by atoms with Crippen molar-refractivity contribution in [2.24, 2.45) is 16.7 Å². The van der Waals surface area contributed by atoms with Gasteiger partial charge in [0.2, 0.25) is 11.8 Å². The maximum Gasteiger partial charge on any atom is 0.251 e. The van der Waals surface area contributed by atoms with Crippen LogP contribution in [0.5, 0.6) is 0 Å². The summed E-state index contributed by atoms with van der Waals surface area (Å²) in [6.07, 6.45) is 6.82. The van der Waals surface area contributed by atoms with E-state index in [0.29, 0.717) is 5.56 Å². The molecule has 332 valence electrons. The van der Waals surface area contributed by atoms with Crippen LogP contribution in [0.25, 0.3) is 21.6 Å². The maximum absolute atomic E-state index is 14.4. The van der Waals surface area contributed by atoms with Crippen molar-refractivity contribution >= 4 is 40.6 Å². The lowest BCUT2D eigenvalue weighted by molar-refractivity contribution is -0.142. The van der Waals surface area contributed by atoms with Gasteiger partial charge >= 0.3 is 0 Å². The van der Waals surface area contributed by atoms with Gasteiger partial charge in [0.1, 0.15) is 17.9 Å². The van der Waals surface area contributed by atoms with Crippen molar-refractivity contribution in [2.75, 3.05) is 29.9 Å². The van der Waals surface area contributed by atoms with E-state index in [0.717, 1.165) is 70.3 Å². The average Bonchev–Trinajstić information content (AvgIpc) is 4.08. The Labute approximate surface area is 374 Å². The van der Waals surface area contributed by atoms with Crippen LogP contribution < -0.4 is 20.9 Å². The highest BCUT2D eigenvalue weighted by molar-refractivity contribution is 7.13. The van der Waals surface area contributed by atoms with E-state index in [1.54, 1.807) is 28.4 Å². The van der Waals surface area contributed by atoms with Gasteiger partial charge in [-0.2, -0.15) is 5.10 Å². The number of aryl methyl sites for hydroxylation is 1. The Morgan fingerprint density at radius 3 is 2.30 bits per heavy atom. The van der Waals surface area contributed by atoms with E-state index in [-0.39, 0.29) is 65.6 Å². The van der Waals surface area contributed by atoms with Gasteiger partial charge < -0.3 is 30.9 Å². The first-order valence-corrected chi connectivity index (χ1v) is 23.1. The van der Waals surface area contributed by atoms with Crippen molar-refractivity contribution in [3.05, 3.63) is 102 Å². The summed E-state index contributed by atoms with van der Waals surface area (Å²) >= 11 is 1.60. The Bertz CT molecular complexity index is 2430. The van der Waals surface area contributed by atoms with Crippen LogP contribution in [0, 0.1) is 23.7 Å². The summed E-state index contributed by atoms with van der Waals surface area (Å²) in [5.41, 5.74) is 8.43. The Kier molecular flexibility index (Phi) is 12.2. The number of carbonyl (C=O) groups excluding carboxylic acids is 3. The largest absolute Gasteiger partial charge is 0.391 e.